The maximum atomic E-state index is 12.2. The van der Waals surface area contributed by atoms with E-state index in [0.29, 0.717) is 22.2 Å². The molecule has 4 rings (SSSR count). The zero-order valence-corrected chi connectivity index (χ0v) is 11.3. The van der Waals surface area contributed by atoms with Crippen LogP contribution < -0.4 is 5.56 Å². The van der Waals surface area contributed by atoms with Gasteiger partial charge in [-0.1, -0.05) is 11.6 Å². The third-order valence-electron chi connectivity index (χ3n) is 3.59. The molecule has 0 aromatic carbocycles. The Morgan fingerprint density at radius 3 is 3.10 bits per heavy atom. The van der Waals surface area contributed by atoms with Gasteiger partial charge in [0.1, 0.15) is 6.54 Å². The predicted octanol–water partition coefficient (Wildman–Crippen LogP) is 1.55. The summed E-state index contributed by atoms with van der Waals surface area (Å²) in [7, 11) is 0. The summed E-state index contributed by atoms with van der Waals surface area (Å²) < 4.78 is 6.65. The lowest BCUT2D eigenvalue weighted by molar-refractivity contribution is 0.343. The van der Waals surface area contributed by atoms with Crippen molar-refractivity contribution in [2.24, 2.45) is 0 Å². The van der Waals surface area contributed by atoms with Gasteiger partial charge in [-0.05, 0) is 12.8 Å². The van der Waals surface area contributed by atoms with Gasteiger partial charge in [-0.3, -0.25) is 9.36 Å². The normalized spacial score (nSPS) is 15.6. The molecule has 1 saturated carbocycles. The van der Waals surface area contributed by atoms with E-state index in [9.17, 15) is 4.79 Å². The molecule has 0 bridgehead atoms. The van der Waals surface area contributed by atoms with Gasteiger partial charge >= 0.3 is 0 Å². The second-order valence-corrected chi connectivity index (χ2v) is 5.69. The lowest BCUT2D eigenvalue weighted by Gasteiger charge is -2.20. The standard InChI is InChI=1S/C12H11N5O2S/c18-12-9-11(20-6-14-9)13-5-17(12)4-8-15-10(16-19-8)7-2-1-3-7/h5-7H,1-4H2. The van der Waals surface area contributed by atoms with E-state index in [4.69, 9.17) is 4.52 Å². The topological polar surface area (TPSA) is 86.7 Å². The van der Waals surface area contributed by atoms with E-state index in [1.165, 1.54) is 28.7 Å². The fourth-order valence-electron chi connectivity index (χ4n) is 2.21. The SMILES string of the molecule is O=c1c2ncsc2ncn1Cc1nc(C2CCC2)no1. The third-order valence-corrected chi connectivity index (χ3v) is 4.32. The van der Waals surface area contributed by atoms with Crippen molar-refractivity contribution >= 4 is 21.7 Å². The van der Waals surface area contributed by atoms with Crippen LogP contribution in [0.25, 0.3) is 10.3 Å². The molecular formula is C12H11N5O2S. The van der Waals surface area contributed by atoms with Crippen molar-refractivity contribution < 1.29 is 4.52 Å². The molecule has 1 fully saturated rings. The van der Waals surface area contributed by atoms with Gasteiger partial charge in [-0.25, -0.2) is 9.97 Å². The Kier molecular flexibility index (Phi) is 2.62. The minimum absolute atomic E-state index is 0.181. The molecule has 0 N–H and O–H groups in total. The van der Waals surface area contributed by atoms with Crippen LogP contribution in [-0.4, -0.2) is 24.7 Å². The smallest absolute Gasteiger partial charge is 0.281 e. The van der Waals surface area contributed by atoms with E-state index in [1.807, 2.05) is 0 Å². The molecule has 3 heterocycles. The van der Waals surface area contributed by atoms with Gasteiger partial charge in [0.15, 0.2) is 16.2 Å². The molecule has 3 aromatic heterocycles. The Bertz CT molecular complexity index is 816. The molecule has 0 amide bonds. The van der Waals surface area contributed by atoms with Crippen LogP contribution in [0.15, 0.2) is 21.2 Å². The first-order valence-corrected chi connectivity index (χ1v) is 7.30. The molecule has 102 valence electrons. The monoisotopic (exact) mass is 289 g/mol. The quantitative estimate of drug-likeness (QED) is 0.727. The maximum absolute atomic E-state index is 12.2. The summed E-state index contributed by atoms with van der Waals surface area (Å²) in [6.07, 6.45) is 4.95. The summed E-state index contributed by atoms with van der Waals surface area (Å²) in [5, 5.41) is 3.98. The summed E-state index contributed by atoms with van der Waals surface area (Å²) in [4.78, 5) is 25.4. The highest BCUT2D eigenvalue weighted by Gasteiger charge is 2.24. The van der Waals surface area contributed by atoms with Gasteiger partial charge in [-0.2, -0.15) is 4.98 Å². The minimum atomic E-state index is -0.181. The van der Waals surface area contributed by atoms with Crippen LogP contribution in [0.4, 0.5) is 0 Å². The van der Waals surface area contributed by atoms with E-state index < -0.39 is 0 Å². The van der Waals surface area contributed by atoms with E-state index in [1.54, 1.807) is 5.51 Å². The third kappa shape index (κ3) is 1.83. The van der Waals surface area contributed by atoms with Gasteiger partial charge in [0.2, 0.25) is 5.89 Å². The van der Waals surface area contributed by atoms with Crippen molar-refractivity contribution in [1.82, 2.24) is 24.7 Å². The van der Waals surface area contributed by atoms with Crippen molar-refractivity contribution in [3.8, 4) is 0 Å². The molecule has 3 aromatic rings. The number of rotatable bonds is 3. The summed E-state index contributed by atoms with van der Waals surface area (Å²) in [6.45, 7) is 0.235. The second-order valence-electron chi connectivity index (χ2n) is 4.86. The van der Waals surface area contributed by atoms with Crippen LogP contribution in [0.5, 0.6) is 0 Å². The van der Waals surface area contributed by atoms with Crippen molar-refractivity contribution in [3.63, 3.8) is 0 Å². The average Bonchev–Trinajstić information content (AvgIpc) is 3.00. The van der Waals surface area contributed by atoms with Gasteiger partial charge in [0.05, 0.1) is 11.8 Å². The van der Waals surface area contributed by atoms with Crippen molar-refractivity contribution in [3.05, 3.63) is 33.9 Å². The van der Waals surface area contributed by atoms with Crippen molar-refractivity contribution in [1.29, 1.82) is 0 Å². The fourth-order valence-corrected chi connectivity index (χ4v) is 2.83. The van der Waals surface area contributed by atoms with Gasteiger partial charge in [0.25, 0.3) is 5.56 Å². The number of hydrogen-bond acceptors (Lipinski definition) is 7. The minimum Gasteiger partial charge on any atom is -0.337 e. The highest BCUT2D eigenvalue weighted by Crippen LogP contribution is 2.34. The summed E-state index contributed by atoms with van der Waals surface area (Å²) in [5.74, 6) is 1.61. The van der Waals surface area contributed by atoms with Crippen LogP contribution in [-0.2, 0) is 6.54 Å². The van der Waals surface area contributed by atoms with Gasteiger partial charge < -0.3 is 4.52 Å². The summed E-state index contributed by atoms with van der Waals surface area (Å²) >= 11 is 1.35. The number of aromatic nitrogens is 5. The highest BCUT2D eigenvalue weighted by molar-refractivity contribution is 7.16. The Balaban J connectivity index is 1.64. The first-order chi connectivity index (χ1) is 9.81. The molecule has 20 heavy (non-hydrogen) atoms. The summed E-state index contributed by atoms with van der Waals surface area (Å²) in [5.41, 5.74) is 1.82. The van der Waals surface area contributed by atoms with E-state index in [0.717, 1.165) is 18.7 Å². The Labute approximate surface area is 117 Å². The van der Waals surface area contributed by atoms with Crippen molar-refractivity contribution in [2.75, 3.05) is 0 Å². The maximum Gasteiger partial charge on any atom is 0.281 e. The predicted molar refractivity (Wildman–Crippen MR) is 71.7 cm³/mol. The van der Waals surface area contributed by atoms with Crippen LogP contribution in [0.3, 0.4) is 0 Å². The molecule has 1 aliphatic carbocycles. The van der Waals surface area contributed by atoms with Crippen molar-refractivity contribution in [2.45, 2.75) is 31.7 Å². The largest absolute Gasteiger partial charge is 0.337 e. The molecule has 0 unspecified atom stereocenters. The molecule has 0 radical (unpaired) electrons. The second kappa shape index (κ2) is 4.48. The molecule has 0 saturated heterocycles. The molecular weight excluding hydrogens is 278 g/mol. The lowest BCUT2D eigenvalue weighted by Crippen LogP contribution is -2.21. The lowest BCUT2D eigenvalue weighted by atomic mass is 9.85. The number of nitrogens with zero attached hydrogens (tertiary/aromatic N) is 5. The fraction of sp³-hybridized carbons (Fsp3) is 0.417. The number of fused-ring (bicyclic) bond motifs is 1. The summed E-state index contributed by atoms with van der Waals surface area (Å²) in [6, 6.07) is 0. The zero-order chi connectivity index (χ0) is 13.5. The van der Waals surface area contributed by atoms with E-state index in [2.05, 4.69) is 20.1 Å². The molecule has 1 aliphatic rings. The van der Waals surface area contributed by atoms with Gasteiger partial charge in [0, 0.05) is 5.92 Å². The first kappa shape index (κ1) is 11.7. The van der Waals surface area contributed by atoms with Gasteiger partial charge in [-0.15, -0.1) is 11.3 Å². The zero-order valence-electron chi connectivity index (χ0n) is 10.5. The average molecular weight is 289 g/mol. The Hall–Kier alpha value is -2.09. The molecule has 7 nitrogen and oxygen atoms in total. The Morgan fingerprint density at radius 1 is 1.40 bits per heavy atom. The molecule has 8 heteroatoms. The number of thiazole rings is 1. The number of hydrogen-bond donors (Lipinski definition) is 0. The van der Waals surface area contributed by atoms with Crippen LogP contribution in [0.2, 0.25) is 0 Å². The first-order valence-electron chi connectivity index (χ1n) is 6.42. The van der Waals surface area contributed by atoms with E-state index in [-0.39, 0.29) is 12.1 Å². The molecule has 0 spiro atoms. The highest BCUT2D eigenvalue weighted by atomic mass is 32.1. The van der Waals surface area contributed by atoms with Crippen LogP contribution in [0, 0.1) is 0 Å². The molecule has 0 atom stereocenters. The van der Waals surface area contributed by atoms with Crippen LogP contribution in [0.1, 0.15) is 36.9 Å². The van der Waals surface area contributed by atoms with Crippen LogP contribution >= 0.6 is 11.3 Å². The Morgan fingerprint density at radius 2 is 2.30 bits per heavy atom. The van der Waals surface area contributed by atoms with E-state index >= 15 is 0 Å². The molecule has 0 aliphatic heterocycles.